The Bertz CT molecular complexity index is 853. The first-order chi connectivity index (χ1) is 12.6. The van der Waals surface area contributed by atoms with Gasteiger partial charge in [0, 0.05) is 23.0 Å². The third kappa shape index (κ3) is 2.88. The number of hydrogen-bond acceptors (Lipinski definition) is 5. The van der Waals surface area contributed by atoms with Crippen LogP contribution in [0.4, 0.5) is 11.6 Å². The molecule has 2 aromatic rings. The Hall–Kier alpha value is -2.34. The van der Waals surface area contributed by atoms with E-state index in [9.17, 15) is 4.79 Å². The Kier molecular flexibility index (Phi) is 4.44. The van der Waals surface area contributed by atoms with E-state index in [0.29, 0.717) is 12.7 Å². The summed E-state index contributed by atoms with van der Waals surface area (Å²) in [7, 11) is 1.67. The monoisotopic (exact) mass is 354 g/mol. The standard InChI is InChI=1S/C20H26N4O2/c1-14-15(2)21-20-23(17-8-10-18(26-3)11-9-17)12-22(13-24(20)19(14)25)16-6-4-5-7-16/h8-11,16H,4-7,12-13H2,1-3H3. The summed E-state index contributed by atoms with van der Waals surface area (Å²) in [4.78, 5) is 22.3. The molecule has 6 nitrogen and oxygen atoms in total. The van der Waals surface area contributed by atoms with Crippen LogP contribution in [0.15, 0.2) is 29.1 Å². The van der Waals surface area contributed by atoms with Crippen LogP contribution in [0.1, 0.15) is 36.9 Å². The number of aryl methyl sites for hydroxylation is 1. The van der Waals surface area contributed by atoms with Gasteiger partial charge in [-0.25, -0.2) is 4.98 Å². The van der Waals surface area contributed by atoms with Crippen LogP contribution in [-0.4, -0.2) is 34.3 Å². The van der Waals surface area contributed by atoms with Crippen LogP contribution < -0.4 is 15.2 Å². The highest BCUT2D eigenvalue weighted by Gasteiger charge is 2.32. The molecule has 4 rings (SSSR count). The van der Waals surface area contributed by atoms with Crippen molar-refractivity contribution in [2.75, 3.05) is 18.7 Å². The molecular weight excluding hydrogens is 328 g/mol. The molecule has 1 aliphatic carbocycles. The molecule has 0 spiro atoms. The second-order valence-corrected chi connectivity index (χ2v) is 7.29. The number of nitrogens with zero attached hydrogens (tertiary/aromatic N) is 4. The van der Waals surface area contributed by atoms with Gasteiger partial charge in [0.1, 0.15) is 5.75 Å². The van der Waals surface area contributed by atoms with Gasteiger partial charge >= 0.3 is 0 Å². The summed E-state index contributed by atoms with van der Waals surface area (Å²) in [6.45, 7) is 5.16. The molecule has 0 unspecified atom stereocenters. The van der Waals surface area contributed by atoms with E-state index in [-0.39, 0.29) is 5.56 Å². The first-order valence-electron chi connectivity index (χ1n) is 9.32. The molecule has 1 aromatic carbocycles. The van der Waals surface area contributed by atoms with Crippen molar-refractivity contribution >= 4 is 11.6 Å². The second kappa shape index (κ2) is 6.76. The van der Waals surface area contributed by atoms with Crippen molar-refractivity contribution in [3.05, 3.63) is 45.9 Å². The van der Waals surface area contributed by atoms with E-state index in [1.165, 1.54) is 25.7 Å². The van der Waals surface area contributed by atoms with Crippen LogP contribution in [0.5, 0.6) is 5.75 Å². The lowest BCUT2D eigenvalue weighted by molar-refractivity contribution is 0.138. The van der Waals surface area contributed by atoms with Gasteiger partial charge in [0.05, 0.1) is 20.4 Å². The maximum Gasteiger partial charge on any atom is 0.259 e. The van der Waals surface area contributed by atoms with Crippen LogP contribution >= 0.6 is 0 Å². The van der Waals surface area contributed by atoms with E-state index in [0.717, 1.165) is 35.3 Å². The fraction of sp³-hybridized carbons (Fsp3) is 0.500. The first-order valence-corrected chi connectivity index (χ1v) is 9.32. The Balaban J connectivity index is 1.79. The molecule has 1 saturated carbocycles. The minimum absolute atomic E-state index is 0.0636. The van der Waals surface area contributed by atoms with Crippen LogP contribution in [0.3, 0.4) is 0 Å². The topological polar surface area (TPSA) is 50.6 Å². The minimum Gasteiger partial charge on any atom is -0.497 e. The van der Waals surface area contributed by atoms with Gasteiger partial charge in [-0.2, -0.15) is 0 Å². The number of fused-ring (bicyclic) bond motifs is 1. The SMILES string of the molecule is COc1ccc(N2CN(C3CCCC3)Cn3c2nc(C)c(C)c3=O)cc1. The molecule has 1 fully saturated rings. The maximum atomic E-state index is 12.9. The molecule has 2 heterocycles. The van der Waals surface area contributed by atoms with Crippen molar-refractivity contribution in [3.8, 4) is 5.75 Å². The molecule has 1 aromatic heterocycles. The van der Waals surface area contributed by atoms with Crippen LogP contribution in [0.25, 0.3) is 0 Å². The molecule has 138 valence electrons. The molecule has 26 heavy (non-hydrogen) atoms. The Labute approximate surface area is 154 Å². The van der Waals surface area contributed by atoms with Gasteiger partial charge in [0.2, 0.25) is 5.95 Å². The quantitative estimate of drug-likeness (QED) is 0.847. The second-order valence-electron chi connectivity index (χ2n) is 7.29. The normalized spacial score (nSPS) is 18.2. The van der Waals surface area contributed by atoms with Crippen molar-refractivity contribution in [2.45, 2.75) is 52.2 Å². The zero-order valence-electron chi connectivity index (χ0n) is 15.7. The summed E-state index contributed by atoms with van der Waals surface area (Å²) in [6.07, 6.45) is 4.96. The molecule has 0 saturated heterocycles. The van der Waals surface area contributed by atoms with E-state index in [4.69, 9.17) is 9.72 Å². The zero-order valence-corrected chi connectivity index (χ0v) is 15.7. The molecule has 0 atom stereocenters. The van der Waals surface area contributed by atoms with Gasteiger partial charge < -0.3 is 4.74 Å². The van der Waals surface area contributed by atoms with E-state index in [2.05, 4.69) is 9.80 Å². The third-order valence-electron chi connectivity index (χ3n) is 5.73. The molecular formula is C20H26N4O2. The highest BCUT2D eigenvalue weighted by Crippen LogP contribution is 2.32. The molecule has 0 bridgehead atoms. The fourth-order valence-electron chi connectivity index (χ4n) is 4.01. The average molecular weight is 354 g/mol. The zero-order chi connectivity index (χ0) is 18.3. The highest BCUT2D eigenvalue weighted by atomic mass is 16.5. The van der Waals surface area contributed by atoms with Gasteiger partial charge in [-0.3, -0.25) is 19.2 Å². The summed E-state index contributed by atoms with van der Waals surface area (Å²) in [6, 6.07) is 8.50. The van der Waals surface area contributed by atoms with E-state index in [1.807, 2.05) is 42.7 Å². The van der Waals surface area contributed by atoms with Crippen molar-refractivity contribution in [1.29, 1.82) is 0 Å². The largest absolute Gasteiger partial charge is 0.497 e. The number of ether oxygens (including phenoxy) is 1. The molecule has 0 amide bonds. The number of aromatic nitrogens is 2. The van der Waals surface area contributed by atoms with E-state index >= 15 is 0 Å². The van der Waals surface area contributed by atoms with E-state index in [1.54, 1.807) is 7.11 Å². The fourth-order valence-corrected chi connectivity index (χ4v) is 4.01. The maximum absolute atomic E-state index is 12.9. The molecule has 2 aliphatic rings. The Morgan fingerprint density at radius 1 is 1.08 bits per heavy atom. The predicted molar refractivity (Wildman–Crippen MR) is 102 cm³/mol. The Morgan fingerprint density at radius 3 is 2.42 bits per heavy atom. The lowest BCUT2D eigenvalue weighted by Gasteiger charge is -2.41. The molecule has 0 radical (unpaired) electrons. The minimum atomic E-state index is 0.0636. The number of benzene rings is 1. The van der Waals surface area contributed by atoms with Crippen molar-refractivity contribution in [3.63, 3.8) is 0 Å². The Morgan fingerprint density at radius 2 is 1.77 bits per heavy atom. The van der Waals surface area contributed by atoms with Crippen LogP contribution in [0.2, 0.25) is 0 Å². The third-order valence-corrected chi connectivity index (χ3v) is 5.73. The molecule has 0 N–H and O–H groups in total. The van der Waals surface area contributed by atoms with Crippen molar-refractivity contribution < 1.29 is 4.74 Å². The molecule has 1 aliphatic heterocycles. The van der Waals surface area contributed by atoms with Gasteiger partial charge in [0.15, 0.2) is 0 Å². The number of rotatable bonds is 3. The number of hydrogen-bond donors (Lipinski definition) is 0. The van der Waals surface area contributed by atoms with Crippen molar-refractivity contribution in [1.82, 2.24) is 14.5 Å². The van der Waals surface area contributed by atoms with Crippen molar-refractivity contribution in [2.24, 2.45) is 0 Å². The van der Waals surface area contributed by atoms with E-state index < -0.39 is 0 Å². The van der Waals surface area contributed by atoms with Gasteiger partial charge in [-0.15, -0.1) is 0 Å². The number of anilines is 2. The summed E-state index contributed by atoms with van der Waals surface area (Å²) in [5, 5.41) is 0. The average Bonchev–Trinajstić information content (AvgIpc) is 3.21. The van der Waals surface area contributed by atoms with Crippen LogP contribution in [0, 0.1) is 13.8 Å². The summed E-state index contributed by atoms with van der Waals surface area (Å²) in [5.74, 6) is 1.56. The van der Waals surface area contributed by atoms with Gasteiger partial charge in [-0.05, 0) is 51.0 Å². The van der Waals surface area contributed by atoms with Gasteiger partial charge in [-0.1, -0.05) is 12.8 Å². The smallest absolute Gasteiger partial charge is 0.259 e. The summed E-state index contributed by atoms with van der Waals surface area (Å²) in [5.41, 5.74) is 2.62. The van der Waals surface area contributed by atoms with Crippen LogP contribution in [-0.2, 0) is 6.67 Å². The summed E-state index contributed by atoms with van der Waals surface area (Å²) >= 11 is 0. The molecule has 6 heteroatoms. The predicted octanol–water partition coefficient (Wildman–Crippen LogP) is 3.18. The number of methoxy groups -OCH3 is 1. The van der Waals surface area contributed by atoms with Gasteiger partial charge in [0.25, 0.3) is 5.56 Å². The lowest BCUT2D eigenvalue weighted by Crippen LogP contribution is -2.50. The first kappa shape index (κ1) is 17.1. The summed E-state index contributed by atoms with van der Waals surface area (Å²) < 4.78 is 7.11. The highest BCUT2D eigenvalue weighted by molar-refractivity contribution is 5.59. The lowest BCUT2D eigenvalue weighted by atomic mass is 10.2.